The number of fused-ring (bicyclic) bond motifs is 1. The van der Waals surface area contributed by atoms with Crippen LogP contribution in [-0.4, -0.2) is 85.0 Å². The van der Waals surface area contributed by atoms with Crippen molar-refractivity contribution in [1.29, 1.82) is 0 Å². The quantitative estimate of drug-likeness (QED) is 0.489. The number of morpholine rings is 1. The minimum atomic E-state index is -0.0757. The molecule has 0 radical (unpaired) electrons. The molecule has 0 saturated carbocycles. The van der Waals surface area contributed by atoms with Gasteiger partial charge in [0, 0.05) is 50.4 Å². The Morgan fingerprint density at radius 3 is 2.36 bits per heavy atom. The molecule has 0 spiro atoms. The molecule has 1 atom stereocenters. The average Bonchev–Trinajstić information content (AvgIpc) is 3.15. The van der Waals surface area contributed by atoms with E-state index >= 15 is 0 Å². The van der Waals surface area contributed by atoms with E-state index < -0.39 is 0 Å². The Kier molecular flexibility index (Phi) is 7.77. The van der Waals surface area contributed by atoms with Crippen molar-refractivity contribution in [2.75, 3.05) is 52.4 Å². The number of benzene rings is 3. The van der Waals surface area contributed by atoms with Gasteiger partial charge in [-0.2, -0.15) is 0 Å². The molecule has 8 heteroatoms. The maximum atomic E-state index is 13.2. The summed E-state index contributed by atoms with van der Waals surface area (Å²) in [4.78, 5) is 32.3. The van der Waals surface area contributed by atoms with Gasteiger partial charge in [0.15, 0.2) is 0 Å². The maximum absolute atomic E-state index is 13.2. The molecule has 6 nitrogen and oxygen atoms in total. The number of ether oxygens (including phenoxy) is 1. The summed E-state index contributed by atoms with van der Waals surface area (Å²) in [7, 11) is 0. The van der Waals surface area contributed by atoms with Crippen molar-refractivity contribution >= 4 is 45.8 Å². The molecule has 188 valence electrons. The molecule has 36 heavy (non-hydrogen) atoms. The second-order valence-electron chi connectivity index (χ2n) is 9.38. The van der Waals surface area contributed by atoms with Crippen molar-refractivity contribution in [3.63, 3.8) is 0 Å². The first-order valence-electron chi connectivity index (χ1n) is 12.3. The Morgan fingerprint density at radius 1 is 0.778 bits per heavy atom. The topological polar surface area (TPSA) is 53.1 Å². The standard InChI is InChI=1S/C28H29Cl2N3O3/c29-25-9-8-23(17-26(25)30)28(35)33-14-15-36-24(19-33)18-31-10-3-11-32(13-12-31)27(34)22-7-6-20-4-1-2-5-21(20)16-22/h1-2,4-9,16-17,24H,3,10-15,18-19H2/t24-/m1/s1. The van der Waals surface area contributed by atoms with Crippen LogP contribution in [0.2, 0.25) is 10.0 Å². The summed E-state index contributed by atoms with van der Waals surface area (Å²) in [6, 6.07) is 19.0. The largest absolute Gasteiger partial charge is 0.373 e. The van der Waals surface area contributed by atoms with E-state index in [9.17, 15) is 9.59 Å². The molecule has 2 saturated heterocycles. The zero-order valence-electron chi connectivity index (χ0n) is 20.0. The van der Waals surface area contributed by atoms with E-state index in [2.05, 4.69) is 11.0 Å². The van der Waals surface area contributed by atoms with Gasteiger partial charge in [-0.05, 0) is 54.1 Å². The van der Waals surface area contributed by atoms with Crippen molar-refractivity contribution in [2.24, 2.45) is 0 Å². The first kappa shape index (κ1) is 25.0. The lowest BCUT2D eigenvalue weighted by Gasteiger charge is -2.35. The molecule has 2 amide bonds. The van der Waals surface area contributed by atoms with Gasteiger partial charge >= 0.3 is 0 Å². The molecule has 0 aliphatic carbocycles. The van der Waals surface area contributed by atoms with Crippen LogP contribution in [0.25, 0.3) is 10.8 Å². The molecule has 5 rings (SSSR count). The highest BCUT2D eigenvalue weighted by Crippen LogP contribution is 2.24. The van der Waals surface area contributed by atoms with Crippen molar-refractivity contribution in [2.45, 2.75) is 12.5 Å². The number of halogens is 2. The highest BCUT2D eigenvalue weighted by molar-refractivity contribution is 6.42. The van der Waals surface area contributed by atoms with E-state index in [0.29, 0.717) is 41.8 Å². The Morgan fingerprint density at radius 2 is 1.53 bits per heavy atom. The van der Waals surface area contributed by atoms with Gasteiger partial charge in [-0.25, -0.2) is 0 Å². The summed E-state index contributed by atoms with van der Waals surface area (Å²) in [5.41, 5.74) is 1.26. The highest BCUT2D eigenvalue weighted by Gasteiger charge is 2.28. The van der Waals surface area contributed by atoms with Crippen LogP contribution in [0.1, 0.15) is 27.1 Å². The molecule has 3 aromatic rings. The van der Waals surface area contributed by atoms with Gasteiger partial charge in [0.2, 0.25) is 0 Å². The predicted octanol–water partition coefficient (Wildman–Crippen LogP) is 4.84. The van der Waals surface area contributed by atoms with Crippen LogP contribution >= 0.6 is 23.2 Å². The van der Waals surface area contributed by atoms with Crippen LogP contribution < -0.4 is 0 Å². The van der Waals surface area contributed by atoms with Gasteiger partial charge in [-0.1, -0.05) is 53.5 Å². The summed E-state index contributed by atoms with van der Waals surface area (Å²) >= 11 is 12.1. The van der Waals surface area contributed by atoms with E-state index in [0.717, 1.165) is 48.9 Å². The van der Waals surface area contributed by atoms with Crippen LogP contribution in [0.3, 0.4) is 0 Å². The van der Waals surface area contributed by atoms with Gasteiger partial charge in [0.1, 0.15) is 0 Å². The third-order valence-corrected chi connectivity index (χ3v) is 7.67. The minimum Gasteiger partial charge on any atom is -0.373 e. The summed E-state index contributed by atoms with van der Waals surface area (Å²) in [6.45, 7) is 5.36. The van der Waals surface area contributed by atoms with E-state index in [1.54, 1.807) is 18.2 Å². The summed E-state index contributed by atoms with van der Waals surface area (Å²) in [6.07, 6.45) is 0.825. The molecule has 2 heterocycles. The van der Waals surface area contributed by atoms with Gasteiger partial charge in [-0.3, -0.25) is 14.5 Å². The van der Waals surface area contributed by atoms with Crippen LogP contribution in [-0.2, 0) is 4.74 Å². The number of rotatable bonds is 4. The number of amides is 2. The average molecular weight is 526 g/mol. The molecule has 0 unspecified atom stereocenters. The first-order valence-corrected chi connectivity index (χ1v) is 13.1. The third-order valence-electron chi connectivity index (χ3n) is 6.93. The second kappa shape index (κ2) is 11.2. The van der Waals surface area contributed by atoms with E-state index in [-0.39, 0.29) is 17.9 Å². The number of carbonyl (C=O) groups excluding carboxylic acids is 2. The Hall–Kier alpha value is -2.64. The Bertz CT molecular complexity index is 1270. The first-order chi connectivity index (χ1) is 17.5. The summed E-state index contributed by atoms with van der Waals surface area (Å²) in [5.74, 6) is 0.0137. The molecule has 0 N–H and O–H groups in total. The smallest absolute Gasteiger partial charge is 0.254 e. The van der Waals surface area contributed by atoms with Crippen LogP contribution in [0, 0.1) is 0 Å². The number of carbonyl (C=O) groups is 2. The monoisotopic (exact) mass is 525 g/mol. The molecule has 0 bridgehead atoms. The summed E-state index contributed by atoms with van der Waals surface area (Å²) < 4.78 is 6.00. The van der Waals surface area contributed by atoms with E-state index in [1.807, 2.05) is 46.2 Å². The van der Waals surface area contributed by atoms with Gasteiger partial charge < -0.3 is 14.5 Å². The number of nitrogens with zero attached hydrogens (tertiary/aromatic N) is 3. The van der Waals surface area contributed by atoms with Gasteiger partial charge in [0.25, 0.3) is 11.8 Å². The Balaban J connectivity index is 1.17. The molecule has 2 aliphatic rings. The highest BCUT2D eigenvalue weighted by atomic mass is 35.5. The molecule has 3 aromatic carbocycles. The SMILES string of the molecule is O=C(c1ccc2ccccc2c1)N1CCCN(C[C@@H]2CN(C(=O)c3ccc(Cl)c(Cl)c3)CCO2)CC1. The van der Waals surface area contributed by atoms with Crippen molar-refractivity contribution in [3.8, 4) is 0 Å². The molecular formula is C28H29Cl2N3O3. The van der Waals surface area contributed by atoms with Crippen LogP contribution in [0.4, 0.5) is 0 Å². The lowest BCUT2D eigenvalue weighted by molar-refractivity contribution is -0.0353. The molecular weight excluding hydrogens is 497 g/mol. The second-order valence-corrected chi connectivity index (χ2v) is 10.2. The fraction of sp³-hybridized carbons (Fsp3) is 0.357. The Labute approximate surface area is 221 Å². The summed E-state index contributed by atoms with van der Waals surface area (Å²) in [5, 5.41) is 3.02. The predicted molar refractivity (Wildman–Crippen MR) is 143 cm³/mol. The van der Waals surface area contributed by atoms with Gasteiger partial charge in [0.05, 0.1) is 22.8 Å². The fourth-order valence-electron chi connectivity index (χ4n) is 4.98. The third kappa shape index (κ3) is 5.68. The molecule has 0 aromatic heterocycles. The van der Waals surface area contributed by atoms with Crippen LogP contribution in [0.5, 0.6) is 0 Å². The molecule has 2 aliphatic heterocycles. The maximum Gasteiger partial charge on any atom is 0.254 e. The normalized spacial score (nSPS) is 19.3. The lowest BCUT2D eigenvalue weighted by atomic mass is 10.1. The zero-order chi connectivity index (χ0) is 25.1. The zero-order valence-corrected chi connectivity index (χ0v) is 21.5. The van der Waals surface area contributed by atoms with Gasteiger partial charge in [-0.15, -0.1) is 0 Å². The van der Waals surface area contributed by atoms with Crippen molar-refractivity contribution in [3.05, 3.63) is 81.8 Å². The molecule has 2 fully saturated rings. The fourth-order valence-corrected chi connectivity index (χ4v) is 5.27. The van der Waals surface area contributed by atoms with E-state index in [1.165, 1.54) is 0 Å². The minimum absolute atomic E-state index is 0.0649. The van der Waals surface area contributed by atoms with Crippen LogP contribution in [0.15, 0.2) is 60.7 Å². The number of hydrogen-bond donors (Lipinski definition) is 0. The van der Waals surface area contributed by atoms with Crippen molar-refractivity contribution in [1.82, 2.24) is 14.7 Å². The lowest BCUT2D eigenvalue weighted by Crippen LogP contribution is -2.50. The van der Waals surface area contributed by atoms with Crippen molar-refractivity contribution < 1.29 is 14.3 Å². The number of hydrogen-bond acceptors (Lipinski definition) is 4. The van der Waals surface area contributed by atoms with E-state index in [4.69, 9.17) is 27.9 Å².